The summed E-state index contributed by atoms with van der Waals surface area (Å²) in [5.74, 6) is -2.32. The first-order valence-electron chi connectivity index (χ1n) is 12.3. The monoisotopic (exact) mass is 509 g/mol. The standard InChI is InChI=1S/C26H39NO9/c1-7-8-9-12-32-26(31)33-15-18(6)34-25(30)20(27)13-19-10-11-21(35-23(28)16(2)3)22(14-19)36-24(29)17(4)5/h10-11,14,16-18,20H,7-9,12-13,15,27H2,1-6H3/t18-,20-/m0/s1. The highest BCUT2D eigenvalue weighted by molar-refractivity contribution is 5.78. The third-order valence-corrected chi connectivity index (χ3v) is 4.85. The molecule has 2 atom stereocenters. The van der Waals surface area contributed by atoms with E-state index in [-0.39, 0.29) is 37.1 Å². The highest BCUT2D eigenvalue weighted by Crippen LogP contribution is 2.30. The van der Waals surface area contributed by atoms with Gasteiger partial charge in [-0.05, 0) is 37.5 Å². The SMILES string of the molecule is CCCCCOC(=O)OC[C@H](C)OC(=O)[C@@H](N)Cc1ccc(OC(=O)C(C)C)c(OC(=O)C(C)C)c1. The second-order valence-electron chi connectivity index (χ2n) is 9.11. The van der Waals surface area contributed by atoms with Gasteiger partial charge in [-0.3, -0.25) is 14.4 Å². The first-order valence-corrected chi connectivity index (χ1v) is 12.3. The molecule has 0 aliphatic carbocycles. The lowest BCUT2D eigenvalue weighted by Gasteiger charge is -2.18. The van der Waals surface area contributed by atoms with Crippen LogP contribution in [0.3, 0.4) is 0 Å². The van der Waals surface area contributed by atoms with Gasteiger partial charge in [0.1, 0.15) is 18.8 Å². The Hall–Kier alpha value is -3.14. The molecule has 0 aliphatic rings. The molecule has 0 unspecified atom stereocenters. The van der Waals surface area contributed by atoms with Crippen molar-refractivity contribution < 1.29 is 42.9 Å². The van der Waals surface area contributed by atoms with Crippen molar-refractivity contribution in [2.45, 2.75) is 79.4 Å². The van der Waals surface area contributed by atoms with Crippen LogP contribution in [0.5, 0.6) is 11.5 Å². The summed E-state index contributed by atoms with van der Waals surface area (Å²) in [6.07, 6.45) is 1.23. The number of carbonyl (C=O) groups is 4. The van der Waals surface area contributed by atoms with Gasteiger partial charge < -0.3 is 29.4 Å². The summed E-state index contributed by atoms with van der Waals surface area (Å²) < 4.78 is 25.9. The number of nitrogens with two attached hydrogens (primary N) is 1. The van der Waals surface area contributed by atoms with Crippen molar-refractivity contribution in [2.75, 3.05) is 13.2 Å². The Morgan fingerprint density at radius 2 is 1.44 bits per heavy atom. The quantitative estimate of drug-likeness (QED) is 0.223. The van der Waals surface area contributed by atoms with Crippen molar-refractivity contribution in [1.29, 1.82) is 0 Å². The third-order valence-electron chi connectivity index (χ3n) is 4.85. The van der Waals surface area contributed by atoms with Crippen LogP contribution in [0.25, 0.3) is 0 Å². The van der Waals surface area contributed by atoms with Gasteiger partial charge in [0.05, 0.1) is 18.4 Å². The van der Waals surface area contributed by atoms with Crippen LogP contribution in [0.1, 0.15) is 66.4 Å². The molecule has 1 rings (SSSR count). The molecule has 0 aliphatic heterocycles. The number of ether oxygens (including phenoxy) is 5. The van der Waals surface area contributed by atoms with Crippen LogP contribution in [0.4, 0.5) is 4.79 Å². The van der Waals surface area contributed by atoms with Gasteiger partial charge in [-0.1, -0.05) is 53.5 Å². The van der Waals surface area contributed by atoms with Gasteiger partial charge in [-0.25, -0.2) is 4.79 Å². The van der Waals surface area contributed by atoms with E-state index in [4.69, 9.17) is 29.4 Å². The maximum Gasteiger partial charge on any atom is 0.508 e. The van der Waals surface area contributed by atoms with Crippen molar-refractivity contribution in [2.24, 2.45) is 17.6 Å². The van der Waals surface area contributed by atoms with Crippen LogP contribution in [0, 0.1) is 11.8 Å². The third kappa shape index (κ3) is 11.5. The fraction of sp³-hybridized carbons (Fsp3) is 0.615. The van der Waals surface area contributed by atoms with Crippen LogP contribution < -0.4 is 15.2 Å². The second kappa shape index (κ2) is 15.8. The smallest absolute Gasteiger partial charge is 0.458 e. The maximum atomic E-state index is 12.4. The molecule has 36 heavy (non-hydrogen) atoms. The maximum absolute atomic E-state index is 12.4. The van der Waals surface area contributed by atoms with E-state index in [1.54, 1.807) is 40.7 Å². The lowest BCUT2D eigenvalue weighted by atomic mass is 10.1. The number of hydrogen-bond donors (Lipinski definition) is 1. The van der Waals surface area contributed by atoms with Crippen LogP contribution in [0.15, 0.2) is 18.2 Å². The highest BCUT2D eigenvalue weighted by atomic mass is 16.7. The molecule has 0 fully saturated rings. The second-order valence-corrected chi connectivity index (χ2v) is 9.11. The zero-order chi connectivity index (χ0) is 27.3. The number of carbonyl (C=O) groups excluding carboxylic acids is 4. The van der Waals surface area contributed by atoms with E-state index in [0.717, 1.165) is 19.3 Å². The molecule has 0 heterocycles. The van der Waals surface area contributed by atoms with Gasteiger partial charge in [0.15, 0.2) is 11.5 Å². The molecular weight excluding hydrogens is 470 g/mol. The van der Waals surface area contributed by atoms with E-state index in [1.807, 2.05) is 6.92 Å². The zero-order valence-corrected chi connectivity index (χ0v) is 22.0. The molecule has 0 amide bonds. The molecule has 0 saturated carbocycles. The first-order chi connectivity index (χ1) is 16.9. The Morgan fingerprint density at radius 1 is 0.833 bits per heavy atom. The van der Waals surface area contributed by atoms with Crippen molar-refractivity contribution in [3.63, 3.8) is 0 Å². The van der Waals surface area contributed by atoms with E-state index >= 15 is 0 Å². The number of benzene rings is 1. The fourth-order valence-corrected chi connectivity index (χ4v) is 2.69. The minimum Gasteiger partial charge on any atom is -0.458 e. The predicted octanol–water partition coefficient (Wildman–Crippen LogP) is 3.95. The van der Waals surface area contributed by atoms with Crippen LogP contribution in [0.2, 0.25) is 0 Å². The lowest BCUT2D eigenvalue weighted by molar-refractivity contribution is -0.152. The Morgan fingerprint density at radius 3 is 2.03 bits per heavy atom. The number of rotatable bonds is 14. The number of esters is 3. The Balaban J connectivity index is 2.73. The average Bonchev–Trinajstić information content (AvgIpc) is 2.81. The Kier molecular flexibility index (Phi) is 13.5. The normalized spacial score (nSPS) is 12.6. The topological polar surface area (TPSA) is 140 Å². The van der Waals surface area contributed by atoms with Gasteiger partial charge in [0, 0.05) is 0 Å². The van der Waals surface area contributed by atoms with Crippen molar-refractivity contribution >= 4 is 24.1 Å². The summed E-state index contributed by atoms with van der Waals surface area (Å²) in [4.78, 5) is 48.2. The van der Waals surface area contributed by atoms with Crippen LogP contribution in [-0.4, -0.2) is 49.4 Å². The van der Waals surface area contributed by atoms with Gasteiger partial charge >= 0.3 is 24.1 Å². The number of hydrogen-bond acceptors (Lipinski definition) is 10. The van der Waals surface area contributed by atoms with Crippen molar-refractivity contribution in [1.82, 2.24) is 0 Å². The molecule has 0 spiro atoms. The largest absolute Gasteiger partial charge is 0.508 e. The van der Waals surface area contributed by atoms with E-state index in [2.05, 4.69) is 0 Å². The summed E-state index contributed by atoms with van der Waals surface area (Å²) in [5, 5.41) is 0. The molecule has 10 nitrogen and oxygen atoms in total. The molecule has 0 aromatic heterocycles. The minimum absolute atomic E-state index is 0.0555. The summed E-state index contributed by atoms with van der Waals surface area (Å²) in [5.41, 5.74) is 6.57. The van der Waals surface area contributed by atoms with Gasteiger partial charge in [0.25, 0.3) is 0 Å². The summed E-state index contributed by atoms with van der Waals surface area (Å²) in [7, 11) is 0. The van der Waals surface area contributed by atoms with E-state index in [9.17, 15) is 19.2 Å². The molecule has 0 saturated heterocycles. The van der Waals surface area contributed by atoms with E-state index < -0.39 is 42.1 Å². The van der Waals surface area contributed by atoms with Crippen molar-refractivity contribution in [3.8, 4) is 11.5 Å². The molecule has 10 heteroatoms. The zero-order valence-electron chi connectivity index (χ0n) is 22.0. The first kappa shape index (κ1) is 30.9. The molecule has 2 N–H and O–H groups in total. The number of unbranched alkanes of at least 4 members (excludes halogenated alkanes) is 2. The Labute approximate surface area is 212 Å². The molecular formula is C26H39NO9. The molecule has 0 radical (unpaired) electrons. The van der Waals surface area contributed by atoms with E-state index in [0.29, 0.717) is 5.56 Å². The van der Waals surface area contributed by atoms with Gasteiger partial charge in [-0.15, -0.1) is 0 Å². The Bertz CT molecular complexity index is 882. The van der Waals surface area contributed by atoms with Gasteiger partial charge in [0.2, 0.25) is 0 Å². The lowest BCUT2D eigenvalue weighted by Crippen LogP contribution is -2.37. The molecule has 202 valence electrons. The summed E-state index contributed by atoms with van der Waals surface area (Å²) in [6, 6.07) is 3.56. The van der Waals surface area contributed by atoms with Crippen LogP contribution >= 0.6 is 0 Å². The predicted molar refractivity (Wildman–Crippen MR) is 131 cm³/mol. The fourth-order valence-electron chi connectivity index (χ4n) is 2.69. The molecule has 0 bridgehead atoms. The summed E-state index contributed by atoms with van der Waals surface area (Å²) >= 11 is 0. The molecule has 1 aromatic rings. The van der Waals surface area contributed by atoms with E-state index in [1.165, 1.54) is 12.1 Å². The minimum atomic E-state index is -1.04. The molecule has 1 aromatic carbocycles. The van der Waals surface area contributed by atoms with Gasteiger partial charge in [-0.2, -0.15) is 0 Å². The van der Waals surface area contributed by atoms with Crippen molar-refractivity contribution in [3.05, 3.63) is 23.8 Å². The summed E-state index contributed by atoms with van der Waals surface area (Å²) in [6.45, 7) is 10.4. The average molecular weight is 510 g/mol. The highest BCUT2D eigenvalue weighted by Gasteiger charge is 2.22. The van der Waals surface area contributed by atoms with Crippen LogP contribution in [-0.2, 0) is 35.0 Å².